The normalized spacial score (nSPS) is 10.8. The molecule has 0 saturated heterocycles. The molecule has 8 nitrogen and oxygen atoms in total. The molecule has 0 aliphatic heterocycles. The first-order valence-electron chi connectivity index (χ1n) is 8.96. The average Bonchev–Trinajstić information content (AvgIpc) is 2.69. The van der Waals surface area contributed by atoms with Crippen LogP contribution in [0.4, 0.5) is 0 Å². The van der Waals surface area contributed by atoms with Crippen LogP contribution in [0.1, 0.15) is 12.1 Å². The second kappa shape index (κ2) is 8.51. The van der Waals surface area contributed by atoms with Gasteiger partial charge in [-0.3, -0.25) is 19.0 Å². The van der Waals surface area contributed by atoms with E-state index in [1.165, 1.54) is 24.1 Å². The molecule has 1 aromatic carbocycles. The van der Waals surface area contributed by atoms with Crippen molar-refractivity contribution in [3.05, 3.63) is 69.1 Å². The summed E-state index contributed by atoms with van der Waals surface area (Å²) in [4.78, 5) is 40.8. The zero-order chi connectivity index (χ0) is 20.1. The number of methoxy groups -OCH3 is 1. The number of aromatic nitrogens is 3. The highest BCUT2D eigenvalue weighted by atomic mass is 16.5. The summed E-state index contributed by atoms with van der Waals surface area (Å²) in [5.41, 5.74) is 1.04. The number of carbonyl (C=O) groups excluding carboxylic acids is 1. The molecule has 0 aliphatic rings. The van der Waals surface area contributed by atoms with Crippen molar-refractivity contribution in [3.63, 3.8) is 0 Å². The van der Waals surface area contributed by atoms with Crippen LogP contribution in [0.15, 0.2) is 52.3 Å². The Hall–Kier alpha value is -3.42. The number of nitrogens with zero attached hydrogens (tertiary/aromatic N) is 3. The summed E-state index contributed by atoms with van der Waals surface area (Å²) in [6.45, 7) is 2.73. The summed E-state index contributed by atoms with van der Waals surface area (Å²) in [5, 5.41) is 3.30. The summed E-state index contributed by atoms with van der Waals surface area (Å²) >= 11 is 0. The first-order chi connectivity index (χ1) is 13.5. The monoisotopic (exact) mass is 382 g/mol. The molecule has 0 aliphatic carbocycles. The van der Waals surface area contributed by atoms with Crippen LogP contribution in [0.2, 0.25) is 0 Å². The molecular formula is C20H22N4O4. The number of pyridine rings is 1. The van der Waals surface area contributed by atoms with Crippen molar-refractivity contribution < 1.29 is 9.53 Å². The summed E-state index contributed by atoms with van der Waals surface area (Å²) < 4.78 is 8.07. The van der Waals surface area contributed by atoms with E-state index in [1.54, 1.807) is 28.8 Å². The Morgan fingerprint density at radius 3 is 2.71 bits per heavy atom. The molecule has 1 amide bonds. The highest BCUT2D eigenvalue weighted by molar-refractivity contribution is 5.77. The van der Waals surface area contributed by atoms with Crippen LogP contribution in [0, 0.1) is 6.92 Å². The molecule has 0 fully saturated rings. The number of amides is 1. The lowest BCUT2D eigenvalue weighted by molar-refractivity contribution is -0.121. The van der Waals surface area contributed by atoms with Gasteiger partial charge in [0.05, 0.1) is 24.3 Å². The lowest BCUT2D eigenvalue weighted by atomic mass is 10.2. The molecule has 146 valence electrons. The topological polar surface area (TPSA) is 95.2 Å². The molecular weight excluding hydrogens is 360 g/mol. The Bertz CT molecular complexity index is 1120. The number of benzene rings is 1. The maximum absolute atomic E-state index is 12.4. The number of fused-ring (bicyclic) bond motifs is 1. The van der Waals surface area contributed by atoms with Crippen molar-refractivity contribution in [2.75, 3.05) is 13.7 Å². The third-order valence-corrected chi connectivity index (χ3v) is 4.51. The van der Waals surface area contributed by atoms with Gasteiger partial charge in [-0.15, -0.1) is 0 Å². The molecule has 2 aromatic heterocycles. The van der Waals surface area contributed by atoms with Gasteiger partial charge in [-0.1, -0.05) is 12.1 Å². The molecule has 0 saturated carbocycles. The van der Waals surface area contributed by atoms with E-state index in [9.17, 15) is 14.4 Å². The van der Waals surface area contributed by atoms with Gasteiger partial charge in [0.1, 0.15) is 5.75 Å². The van der Waals surface area contributed by atoms with Crippen molar-refractivity contribution in [2.24, 2.45) is 0 Å². The zero-order valence-electron chi connectivity index (χ0n) is 15.8. The van der Waals surface area contributed by atoms with Crippen molar-refractivity contribution >= 4 is 16.8 Å². The largest absolute Gasteiger partial charge is 0.496 e. The van der Waals surface area contributed by atoms with E-state index < -0.39 is 0 Å². The number of ether oxygens (including phenoxy) is 1. The van der Waals surface area contributed by atoms with Gasteiger partial charge in [0.25, 0.3) is 11.1 Å². The molecule has 8 heteroatoms. The highest BCUT2D eigenvalue weighted by Gasteiger charge is 2.08. The lowest BCUT2D eigenvalue weighted by Crippen LogP contribution is -2.32. The molecule has 28 heavy (non-hydrogen) atoms. The minimum atomic E-state index is -0.195. The third kappa shape index (κ3) is 4.28. The van der Waals surface area contributed by atoms with E-state index in [2.05, 4.69) is 10.3 Å². The summed E-state index contributed by atoms with van der Waals surface area (Å²) in [7, 11) is 1.51. The van der Waals surface area contributed by atoms with Crippen LogP contribution in [-0.2, 0) is 17.9 Å². The van der Waals surface area contributed by atoms with E-state index in [-0.39, 0.29) is 30.0 Å². The minimum Gasteiger partial charge on any atom is -0.496 e. The van der Waals surface area contributed by atoms with Gasteiger partial charge in [0.15, 0.2) is 0 Å². The van der Waals surface area contributed by atoms with Crippen molar-refractivity contribution in [3.8, 4) is 5.75 Å². The zero-order valence-corrected chi connectivity index (χ0v) is 15.8. The van der Waals surface area contributed by atoms with Gasteiger partial charge in [-0.05, 0) is 25.1 Å². The van der Waals surface area contributed by atoms with Crippen LogP contribution in [0.3, 0.4) is 0 Å². The van der Waals surface area contributed by atoms with Gasteiger partial charge in [0.2, 0.25) is 5.91 Å². The summed E-state index contributed by atoms with van der Waals surface area (Å²) in [5.74, 6) is 0.316. The predicted molar refractivity (Wildman–Crippen MR) is 106 cm³/mol. The Morgan fingerprint density at radius 2 is 1.96 bits per heavy atom. The van der Waals surface area contributed by atoms with Gasteiger partial charge >= 0.3 is 0 Å². The second-order valence-corrected chi connectivity index (χ2v) is 6.39. The number of nitrogens with one attached hydrogen (secondary N) is 1. The number of rotatable bonds is 7. The first-order valence-corrected chi connectivity index (χ1v) is 8.96. The summed E-state index contributed by atoms with van der Waals surface area (Å²) in [6.07, 6.45) is 1.61. The fourth-order valence-electron chi connectivity index (χ4n) is 2.99. The maximum Gasteiger partial charge on any atom is 0.261 e. The van der Waals surface area contributed by atoms with Gasteiger partial charge in [-0.2, -0.15) is 0 Å². The Labute approximate surface area is 161 Å². The molecule has 0 atom stereocenters. The number of hydrogen-bond donors (Lipinski definition) is 1. The molecule has 0 bridgehead atoms. The van der Waals surface area contributed by atoms with Crippen molar-refractivity contribution in [2.45, 2.75) is 26.4 Å². The summed E-state index contributed by atoms with van der Waals surface area (Å²) in [6, 6.07) is 10.3. The Morgan fingerprint density at radius 1 is 1.18 bits per heavy atom. The molecule has 3 aromatic rings. The number of hydrogen-bond acceptors (Lipinski definition) is 5. The van der Waals surface area contributed by atoms with Crippen LogP contribution in [-0.4, -0.2) is 33.7 Å². The predicted octanol–water partition coefficient (Wildman–Crippen LogP) is 1.08. The highest BCUT2D eigenvalue weighted by Crippen LogP contribution is 2.08. The maximum atomic E-state index is 12.4. The van der Waals surface area contributed by atoms with Crippen LogP contribution < -0.4 is 21.2 Å². The van der Waals surface area contributed by atoms with E-state index in [1.807, 2.05) is 13.0 Å². The smallest absolute Gasteiger partial charge is 0.261 e. The fourth-order valence-corrected chi connectivity index (χ4v) is 2.99. The van der Waals surface area contributed by atoms with Gasteiger partial charge < -0.3 is 14.6 Å². The van der Waals surface area contributed by atoms with E-state index in [0.29, 0.717) is 29.7 Å². The molecule has 0 radical (unpaired) electrons. The number of carbonyl (C=O) groups is 1. The van der Waals surface area contributed by atoms with E-state index >= 15 is 0 Å². The second-order valence-electron chi connectivity index (χ2n) is 6.39. The van der Waals surface area contributed by atoms with Gasteiger partial charge in [0, 0.05) is 37.8 Å². The lowest BCUT2D eigenvalue weighted by Gasteiger charge is -2.12. The molecule has 2 heterocycles. The van der Waals surface area contributed by atoms with E-state index in [0.717, 1.165) is 5.69 Å². The molecule has 3 rings (SSSR count). The average molecular weight is 382 g/mol. The first kappa shape index (κ1) is 19.3. The number of aryl methyl sites for hydroxylation is 2. The Kier molecular flexibility index (Phi) is 5.88. The number of para-hydroxylation sites is 1. The standard InChI is InChI=1S/C20H22N4O4/c1-14-11-15(28-2)12-19(26)24(14)10-8-21-18(25)7-9-23-13-22-17-6-4-3-5-16(17)20(23)27/h3-6,11-13H,7-10H2,1-2H3,(H,21,25). The van der Waals surface area contributed by atoms with E-state index in [4.69, 9.17) is 4.74 Å². The van der Waals surface area contributed by atoms with Crippen LogP contribution in [0.5, 0.6) is 5.75 Å². The third-order valence-electron chi connectivity index (χ3n) is 4.51. The molecule has 1 N–H and O–H groups in total. The molecule has 0 unspecified atom stereocenters. The molecule has 0 spiro atoms. The minimum absolute atomic E-state index is 0.149. The SMILES string of the molecule is COc1cc(C)n(CCNC(=O)CCn2cnc3ccccc3c2=O)c(=O)c1. The van der Waals surface area contributed by atoms with Crippen LogP contribution in [0.25, 0.3) is 10.9 Å². The van der Waals surface area contributed by atoms with Crippen LogP contribution >= 0.6 is 0 Å². The fraction of sp³-hybridized carbons (Fsp3) is 0.300. The van der Waals surface area contributed by atoms with Crippen molar-refractivity contribution in [1.82, 2.24) is 19.4 Å². The van der Waals surface area contributed by atoms with Gasteiger partial charge in [-0.25, -0.2) is 4.98 Å². The Balaban J connectivity index is 1.55. The van der Waals surface area contributed by atoms with Crippen molar-refractivity contribution in [1.29, 1.82) is 0 Å². The quantitative estimate of drug-likeness (QED) is 0.660.